The van der Waals surface area contributed by atoms with Crippen molar-refractivity contribution in [2.45, 2.75) is 19.5 Å². The summed E-state index contributed by atoms with van der Waals surface area (Å²) in [4.78, 5) is 24.3. The van der Waals surface area contributed by atoms with Gasteiger partial charge >= 0.3 is 6.61 Å². The van der Waals surface area contributed by atoms with Gasteiger partial charge in [-0.3, -0.25) is 9.59 Å². The molecule has 0 fully saturated rings. The van der Waals surface area contributed by atoms with Gasteiger partial charge in [0.2, 0.25) is 5.91 Å². The third-order valence-corrected chi connectivity index (χ3v) is 4.83. The summed E-state index contributed by atoms with van der Waals surface area (Å²) in [6.07, 6.45) is 0.556. The van der Waals surface area contributed by atoms with Crippen LogP contribution < -0.4 is 20.1 Å². The minimum Gasteiger partial charge on any atom is -0.493 e. The first kappa shape index (κ1) is 23.0. The number of fused-ring (bicyclic) bond motifs is 1. The second kappa shape index (κ2) is 11.1. The van der Waals surface area contributed by atoms with Crippen LogP contribution in [-0.4, -0.2) is 38.6 Å². The van der Waals surface area contributed by atoms with E-state index < -0.39 is 6.61 Å². The molecular weight excluding hydrogens is 418 g/mol. The summed E-state index contributed by atoms with van der Waals surface area (Å²) in [6, 6.07) is 17.9. The predicted molar refractivity (Wildman–Crippen MR) is 117 cm³/mol. The lowest BCUT2D eigenvalue weighted by Crippen LogP contribution is -2.31. The van der Waals surface area contributed by atoms with Crippen molar-refractivity contribution in [1.29, 1.82) is 0 Å². The molecule has 2 N–H and O–H groups in total. The Balaban J connectivity index is 1.42. The average Bonchev–Trinajstić information content (AvgIpc) is 2.78. The maximum atomic E-state index is 12.5. The van der Waals surface area contributed by atoms with Crippen molar-refractivity contribution in [3.63, 3.8) is 0 Å². The van der Waals surface area contributed by atoms with Crippen LogP contribution in [0.5, 0.6) is 11.5 Å². The number of halogens is 2. The molecule has 2 amide bonds. The van der Waals surface area contributed by atoms with Crippen LogP contribution in [0.2, 0.25) is 0 Å². The van der Waals surface area contributed by atoms with Gasteiger partial charge < -0.3 is 20.1 Å². The average molecular weight is 442 g/mol. The van der Waals surface area contributed by atoms with Crippen LogP contribution in [0.25, 0.3) is 10.8 Å². The molecule has 3 aromatic carbocycles. The van der Waals surface area contributed by atoms with Gasteiger partial charge in [0.25, 0.3) is 5.91 Å². The summed E-state index contributed by atoms with van der Waals surface area (Å²) in [5.41, 5.74) is 1.25. The zero-order valence-corrected chi connectivity index (χ0v) is 17.6. The zero-order valence-electron chi connectivity index (χ0n) is 17.6. The first-order chi connectivity index (χ1) is 15.5. The van der Waals surface area contributed by atoms with Crippen LogP contribution >= 0.6 is 0 Å². The number of rotatable bonds is 10. The van der Waals surface area contributed by atoms with Crippen molar-refractivity contribution in [3.8, 4) is 11.5 Å². The van der Waals surface area contributed by atoms with E-state index in [-0.39, 0.29) is 36.3 Å². The lowest BCUT2D eigenvalue weighted by Gasteiger charge is -2.12. The number of amides is 2. The SMILES string of the molecule is COc1ccc(CCNC(=O)CCNC(=O)c2ccc3ccccc3c2)cc1OC(F)F. The molecule has 0 aliphatic rings. The topological polar surface area (TPSA) is 76.7 Å². The van der Waals surface area contributed by atoms with Gasteiger partial charge in [-0.05, 0) is 47.0 Å². The Morgan fingerprint density at radius 2 is 1.69 bits per heavy atom. The Morgan fingerprint density at radius 1 is 0.906 bits per heavy atom. The molecule has 0 aromatic heterocycles. The molecule has 0 unspecified atom stereocenters. The second-order valence-electron chi connectivity index (χ2n) is 7.03. The van der Waals surface area contributed by atoms with Gasteiger partial charge in [0.15, 0.2) is 11.5 Å². The van der Waals surface area contributed by atoms with Crippen LogP contribution in [0.3, 0.4) is 0 Å². The van der Waals surface area contributed by atoms with Crippen molar-refractivity contribution in [2.24, 2.45) is 0 Å². The summed E-state index contributed by atoms with van der Waals surface area (Å²) < 4.78 is 34.5. The van der Waals surface area contributed by atoms with E-state index in [1.54, 1.807) is 12.1 Å². The third kappa shape index (κ3) is 6.41. The van der Waals surface area contributed by atoms with E-state index in [9.17, 15) is 18.4 Å². The Kier molecular flexibility index (Phi) is 7.96. The van der Waals surface area contributed by atoms with Crippen LogP contribution in [0.4, 0.5) is 8.78 Å². The number of hydrogen-bond acceptors (Lipinski definition) is 4. The quantitative estimate of drug-likeness (QED) is 0.499. The number of benzene rings is 3. The molecule has 0 aliphatic carbocycles. The lowest BCUT2D eigenvalue weighted by atomic mass is 10.1. The number of nitrogens with one attached hydrogen (secondary N) is 2. The summed E-state index contributed by atoms with van der Waals surface area (Å²) in [5.74, 6) is -0.308. The van der Waals surface area contributed by atoms with E-state index in [0.29, 0.717) is 24.1 Å². The minimum atomic E-state index is -2.95. The van der Waals surface area contributed by atoms with Gasteiger partial charge in [0.1, 0.15) is 0 Å². The fourth-order valence-corrected chi connectivity index (χ4v) is 3.22. The van der Waals surface area contributed by atoms with Crippen molar-refractivity contribution in [2.75, 3.05) is 20.2 Å². The van der Waals surface area contributed by atoms with Gasteiger partial charge in [0, 0.05) is 25.1 Å². The van der Waals surface area contributed by atoms with Gasteiger partial charge in [-0.25, -0.2) is 0 Å². The molecule has 0 saturated heterocycles. The van der Waals surface area contributed by atoms with E-state index in [1.165, 1.54) is 19.2 Å². The Morgan fingerprint density at radius 3 is 2.44 bits per heavy atom. The molecule has 6 nitrogen and oxygen atoms in total. The van der Waals surface area contributed by atoms with E-state index in [1.807, 2.05) is 36.4 Å². The third-order valence-electron chi connectivity index (χ3n) is 4.83. The summed E-state index contributed by atoms with van der Waals surface area (Å²) in [5, 5.41) is 7.51. The maximum absolute atomic E-state index is 12.5. The van der Waals surface area contributed by atoms with E-state index in [2.05, 4.69) is 15.4 Å². The summed E-state index contributed by atoms with van der Waals surface area (Å²) in [7, 11) is 1.37. The lowest BCUT2D eigenvalue weighted by molar-refractivity contribution is -0.120. The zero-order chi connectivity index (χ0) is 22.9. The molecule has 168 valence electrons. The van der Waals surface area contributed by atoms with Crippen molar-refractivity contribution in [3.05, 3.63) is 71.8 Å². The molecular formula is C24H24F2N2O4. The largest absolute Gasteiger partial charge is 0.493 e. The van der Waals surface area contributed by atoms with Crippen LogP contribution in [0, 0.1) is 0 Å². The minimum absolute atomic E-state index is 0.0530. The van der Waals surface area contributed by atoms with Crippen LogP contribution in [-0.2, 0) is 11.2 Å². The van der Waals surface area contributed by atoms with E-state index in [0.717, 1.165) is 10.8 Å². The van der Waals surface area contributed by atoms with Crippen molar-refractivity contribution >= 4 is 22.6 Å². The summed E-state index contributed by atoms with van der Waals surface area (Å²) in [6.45, 7) is -2.44. The molecule has 32 heavy (non-hydrogen) atoms. The molecule has 3 rings (SSSR count). The molecule has 0 saturated carbocycles. The van der Waals surface area contributed by atoms with Crippen molar-refractivity contribution < 1.29 is 27.8 Å². The van der Waals surface area contributed by atoms with Gasteiger partial charge in [-0.15, -0.1) is 0 Å². The van der Waals surface area contributed by atoms with E-state index >= 15 is 0 Å². The van der Waals surface area contributed by atoms with Crippen LogP contribution in [0.1, 0.15) is 22.3 Å². The van der Waals surface area contributed by atoms with Gasteiger partial charge in [-0.1, -0.05) is 36.4 Å². The maximum Gasteiger partial charge on any atom is 0.387 e. The van der Waals surface area contributed by atoms with Gasteiger partial charge in [0.05, 0.1) is 7.11 Å². The number of alkyl halides is 2. The highest BCUT2D eigenvalue weighted by atomic mass is 19.3. The Labute approximate surface area is 184 Å². The standard InChI is InChI=1S/C24H24F2N2O4/c1-31-20-9-6-16(14-21(20)32-24(25)26)10-12-27-22(29)11-13-28-23(30)19-8-7-17-4-2-3-5-18(17)15-19/h2-9,14-15,24H,10-13H2,1H3,(H,27,29)(H,28,30). The molecule has 3 aromatic rings. The highest BCUT2D eigenvalue weighted by Gasteiger charge is 2.12. The van der Waals surface area contributed by atoms with E-state index in [4.69, 9.17) is 4.74 Å². The molecule has 0 aliphatic heterocycles. The first-order valence-corrected chi connectivity index (χ1v) is 10.1. The fraction of sp³-hybridized carbons (Fsp3) is 0.250. The molecule has 8 heteroatoms. The number of carbonyl (C=O) groups excluding carboxylic acids is 2. The molecule has 0 spiro atoms. The molecule has 0 radical (unpaired) electrons. The smallest absolute Gasteiger partial charge is 0.387 e. The highest BCUT2D eigenvalue weighted by Crippen LogP contribution is 2.29. The number of ether oxygens (including phenoxy) is 2. The van der Waals surface area contributed by atoms with Crippen molar-refractivity contribution in [1.82, 2.24) is 10.6 Å². The Hall–Kier alpha value is -3.68. The number of methoxy groups -OCH3 is 1. The van der Waals surface area contributed by atoms with Crippen LogP contribution in [0.15, 0.2) is 60.7 Å². The Bertz CT molecular complexity index is 1090. The molecule has 0 heterocycles. The highest BCUT2D eigenvalue weighted by molar-refractivity contribution is 5.98. The summed E-state index contributed by atoms with van der Waals surface area (Å²) >= 11 is 0. The van der Waals surface area contributed by atoms with Gasteiger partial charge in [-0.2, -0.15) is 8.78 Å². The first-order valence-electron chi connectivity index (χ1n) is 10.1. The second-order valence-corrected chi connectivity index (χ2v) is 7.03. The molecule has 0 atom stereocenters. The normalized spacial score (nSPS) is 10.8. The fourth-order valence-electron chi connectivity index (χ4n) is 3.22. The monoisotopic (exact) mass is 442 g/mol. The number of carbonyl (C=O) groups is 2. The number of hydrogen-bond donors (Lipinski definition) is 2. The molecule has 0 bridgehead atoms. The predicted octanol–water partition coefficient (Wildman–Crippen LogP) is 3.93.